The summed E-state index contributed by atoms with van der Waals surface area (Å²) in [5, 5.41) is 15.9. The summed E-state index contributed by atoms with van der Waals surface area (Å²) in [6.07, 6.45) is 0. The molecule has 0 unspecified atom stereocenters. The number of nitrogens with zero attached hydrogens (tertiary/aromatic N) is 1. The third-order valence-corrected chi connectivity index (χ3v) is 4.90. The molecule has 1 N–H and O–H groups in total. The van der Waals surface area contributed by atoms with Crippen LogP contribution in [0.2, 0.25) is 0 Å². The lowest BCUT2D eigenvalue weighted by atomic mass is 10.0. The van der Waals surface area contributed by atoms with E-state index >= 15 is 0 Å². The molecule has 2 aromatic carbocycles. The predicted molar refractivity (Wildman–Crippen MR) is 104 cm³/mol. The van der Waals surface area contributed by atoms with Gasteiger partial charge in [-0.2, -0.15) is 0 Å². The highest BCUT2D eigenvalue weighted by molar-refractivity contribution is 7.10. The van der Waals surface area contributed by atoms with Crippen molar-refractivity contribution in [1.29, 1.82) is 0 Å². The van der Waals surface area contributed by atoms with Gasteiger partial charge in [0, 0.05) is 10.9 Å². The van der Waals surface area contributed by atoms with Crippen molar-refractivity contribution in [3.8, 4) is 5.75 Å². The molecule has 1 aromatic heterocycles. The quantitative estimate of drug-likeness (QED) is 0.489. The first-order chi connectivity index (χ1) is 13.0. The van der Waals surface area contributed by atoms with Crippen LogP contribution in [0, 0.1) is 17.0 Å². The molecule has 0 aliphatic carbocycles. The van der Waals surface area contributed by atoms with E-state index in [0.29, 0.717) is 0 Å². The van der Waals surface area contributed by atoms with Crippen molar-refractivity contribution >= 4 is 22.9 Å². The molecular weight excluding hydrogens is 364 g/mol. The van der Waals surface area contributed by atoms with Gasteiger partial charge in [-0.3, -0.25) is 14.9 Å². The van der Waals surface area contributed by atoms with Gasteiger partial charge < -0.3 is 10.1 Å². The van der Waals surface area contributed by atoms with E-state index in [1.54, 1.807) is 23.5 Å². The number of para-hydroxylation sites is 2. The van der Waals surface area contributed by atoms with Gasteiger partial charge in [0.2, 0.25) is 0 Å². The van der Waals surface area contributed by atoms with Gasteiger partial charge in [0.25, 0.3) is 5.91 Å². The monoisotopic (exact) mass is 382 g/mol. The van der Waals surface area contributed by atoms with E-state index in [0.717, 1.165) is 16.0 Å². The molecule has 0 saturated carbocycles. The number of nitrogens with one attached hydrogen (secondary N) is 1. The highest BCUT2D eigenvalue weighted by Crippen LogP contribution is 2.27. The summed E-state index contributed by atoms with van der Waals surface area (Å²) < 4.78 is 5.38. The molecule has 0 saturated heterocycles. The van der Waals surface area contributed by atoms with E-state index in [9.17, 15) is 14.9 Å². The van der Waals surface area contributed by atoms with Crippen LogP contribution in [0.4, 0.5) is 5.69 Å². The lowest BCUT2D eigenvalue weighted by Gasteiger charge is -2.18. The Morgan fingerprint density at radius 2 is 1.89 bits per heavy atom. The van der Waals surface area contributed by atoms with Gasteiger partial charge in [0.1, 0.15) is 0 Å². The Balaban J connectivity index is 1.72. The second-order valence-corrected chi connectivity index (χ2v) is 6.92. The molecule has 6 nitrogen and oxygen atoms in total. The van der Waals surface area contributed by atoms with Crippen molar-refractivity contribution in [1.82, 2.24) is 5.32 Å². The summed E-state index contributed by atoms with van der Waals surface area (Å²) >= 11 is 1.55. The fourth-order valence-electron chi connectivity index (χ4n) is 2.61. The fourth-order valence-corrected chi connectivity index (χ4v) is 3.41. The predicted octanol–water partition coefficient (Wildman–Crippen LogP) is 4.25. The largest absolute Gasteiger partial charge is 0.477 e. The van der Waals surface area contributed by atoms with E-state index < -0.39 is 4.92 Å². The van der Waals surface area contributed by atoms with Gasteiger partial charge in [-0.1, -0.05) is 48.0 Å². The maximum Gasteiger partial charge on any atom is 0.310 e. The Labute approximate surface area is 160 Å². The molecule has 3 rings (SSSR count). The molecule has 0 fully saturated rings. The van der Waals surface area contributed by atoms with Gasteiger partial charge in [-0.15, -0.1) is 11.3 Å². The first kappa shape index (κ1) is 18.6. The maximum atomic E-state index is 12.4. The SMILES string of the molecule is Cc1ccc([C@@H](NC(=O)COc2ccccc2[N+](=O)[O-])c2cccs2)cc1. The summed E-state index contributed by atoms with van der Waals surface area (Å²) in [5.74, 6) is -0.284. The summed E-state index contributed by atoms with van der Waals surface area (Å²) in [6, 6.07) is 17.5. The summed E-state index contributed by atoms with van der Waals surface area (Å²) in [6.45, 7) is 1.70. The molecule has 0 radical (unpaired) electrons. The fraction of sp³-hybridized carbons (Fsp3) is 0.150. The number of nitro groups is 1. The van der Waals surface area contributed by atoms with Crippen LogP contribution in [-0.2, 0) is 4.79 Å². The molecule has 3 aromatic rings. The van der Waals surface area contributed by atoms with Crippen LogP contribution < -0.4 is 10.1 Å². The zero-order chi connectivity index (χ0) is 19.2. The highest BCUT2D eigenvalue weighted by Gasteiger charge is 2.20. The van der Waals surface area contributed by atoms with Gasteiger partial charge >= 0.3 is 5.69 Å². The number of hydrogen-bond donors (Lipinski definition) is 1. The third kappa shape index (κ3) is 4.71. The Hall–Kier alpha value is -3.19. The molecule has 0 spiro atoms. The van der Waals surface area contributed by atoms with Gasteiger partial charge in [0.05, 0.1) is 11.0 Å². The van der Waals surface area contributed by atoms with Crippen LogP contribution in [0.5, 0.6) is 5.75 Å². The molecule has 0 bridgehead atoms. The van der Waals surface area contributed by atoms with Gasteiger partial charge in [0.15, 0.2) is 12.4 Å². The maximum absolute atomic E-state index is 12.4. The normalized spacial score (nSPS) is 11.6. The number of thiophene rings is 1. The highest BCUT2D eigenvalue weighted by atomic mass is 32.1. The van der Waals surface area contributed by atoms with Crippen LogP contribution in [0.1, 0.15) is 22.0 Å². The van der Waals surface area contributed by atoms with Gasteiger partial charge in [-0.05, 0) is 30.0 Å². The Morgan fingerprint density at radius 1 is 1.15 bits per heavy atom. The standard InChI is InChI=1S/C20H18N2O4S/c1-14-8-10-15(11-9-14)20(18-7-4-12-27-18)21-19(23)13-26-17-6-3-2-5-16(17)22(24)25/h2-12,20H,13H2,1H3,(H,21,23)/t20-/m1/s1. The summed E-state index contributed by atoms with van der Waals surface area (Å²) in [5.41, 5.74) is 1.93. The van der Waals surface area contributed by atoms with Crippen molar-refractivity contribution in [3.63, 3.8) is 0 Å². The molecular formula is C20H18N2O4S. The van der Waals surface area contributed by atoms with Crippen molar-refractivity contribution in [2.45, 2.75) is 13.0 Å². The number of carbonyl (C=O) groups excluding carboxylic acids is 1. The zero-order valence-electron chi connectivity index (χ0n) is 14.6. The molecule has 1 amide bonds. The average molecular weight is 382 g/mol. The third-order valence-electron chi connectivity index (χ3n) is 3.96. The van der Waals surface area contributed by atoms with E-state index in [2.05, 4.69) is 5.32 Å². The van der Waals surface area contributed by atoms with E-state index in [4.69, 9.17) is 4.74 Å². The second kappa shape index (κ2) is 8.46. The Bertz CT molecular complexity index is 923. The second-order valence-electron chi connectivity index (χ2n) is 5.94. The molecule has 138 valence electrons. The first-order valence-electron chi connectivity index (χ1n) is 8.30. The van der Waals surface area contributed by atoms with Crippen molar-refractivity contribution in [3.05, 3.63) is 92.2 Å². The lowest BCUT2D eigenvalue weighted by molar-refractivity contribution is -0.385. The first-order valence-corrected chi connectivity index (χ1v) is 9.18. The smallest absolute Gasteiger partial charge is 0.310 e. The summed E-state index contributed by atoms with van der Waals surface area (Å²) in [7, 11) is 0. The van der Waals surface area contributed by atoms with Crippen LogP contribution >= 0.6 is 11.3 Å². The molecule has 0 aliphatic rings. The van der Waals surface area contributed by atoms with Crippen LogP contribution in [0.15, 0.2) is 66.0 Å². The topological polar surface area (TPSA) is 81.5 Å². The molecule has 7 heteroatoms. The minimum Gasteiger partial charge on any atom is -0.477 e. The number of aryl methyl sites for hydroxylation is 1. The summed E-state index contributed by atoms with van der Waals surface area (Å²) in [4.78, 5) is 23.9. The minimum absolute atomic E-state index is 0.0701. The number of ether oxygens (including phenoxy) is 1. The van der Waals surface area contributed by atoms with Crippen molar-refractivity contribution in [2.75, 3.05) is 6.61 Å². The minimum atomic E-state index is -0.534. The Kier molecular flexibility index (Phi) is 5.83. The molecule has 1 atom stereocenters. The van der Waals surface area contributed by atoms with E-state index in [1.807, 2.05) is 48.7 Å². The van der Waals surface area contributed by atoms with Crippen molar-refractivity contribution in [2.24, 2.45) is 0 Å². The van der Waals surface area contributed by atoms with Crippen LogP contribution in [-0.4, -0.2) is 17.4 Å². The molecule has 27 heavy (non-hydrogen) atoms. The number of rotatable bonds is 7. The number of benzene rings is 2. The van der Waals surface area contributed by atoms with E-state index in [-0.39, 0.29) is 30.0 Å². The molecule has 0 aliphatic heterocycles. The van der Waals surface area contributed by atoms with Crippen molar-refractivity contribution < 1.29 is 14.5 Å². The average Bonchev–Trinajstić information content (AvgIpc) is 3.20. The van der Waals surface area contributed by atoms with E-state index in [1.165, 1.54) is 12.1 Å². The van der Waals surface area contributed by atoms with Gasteiger partial charge in [-0.25, -0.2) is 0 Å². The number of carbonyl (C=O) groups is 1. The lowest BCUT2D eigenvalue weighted by Crippen LogP contribution is -2.33. The number of hydrogen-bond acceptors (Lipinski definition) is 5. The zero-order valence-corrected chi connectivity index (χ0v) is 15.4. The molecule has 1 heterocycles. The van der Waals surface area contributed by atoms with Crippen LogP contribution in [0.25, 0.3) is 0 Å². The van der Waals surface area contributed by atoms with Crippen LogP contribution in [0.3, 0.4) is 0 Å². The Morgan fingerprint density at radius 3 is 2.56 bits per heavy atom. The number of amides is 1. The number of nitro benzene ring substituents is 1.